The molecule has 0 amide bonds. The van der Waals surface area contributed by atoms with Crippen molar-refractivity contribution in [3.8, 4) is 5.69 Å². The molecule has 0 aliphatic rings. The van der Waals surface area contributed by atoms with E-state index in [0.717, 1.165) is 11.3 Å². The predicted octanol–water partition coefficient (Wildman–Crippen LogP) is 2.40. The van der Waals surface area contributed by atoms with Gasteiger partial charge in [-0.15, -0.1) is 0 Å². The van der Waals surface area contributed by atoms with E-state index < -0.39 is 4.92 Å². The van der Waals surface area contributed by atoms with Crippen molar-refractivity contribution in [1.29, 1.82) is 0 Å². The molecule has 1 aromatic carbocycles. The van der Waals surface area contributed by atoms with E-state index in [1.807, 2.05) is 31.2 Å². The van der Waals surface area contributed by atoms with Gasteiger partial charge in [0.2, 0.25) is 5.82 Å². The highest BCUT2D eigenvalue weighted by atomic mass is 16.6. The molecule has 0 bridgehead atoms. The molecule has 0 N–H and O–H groups in total. The van der Waals surface area contributed by atoms with Gasteiger partial charge in [0, 0.05) is 6.92 Å². The molecule has 0 radical (unpaired) electrons. The minimum Gasteiger partial charge on any atom is -0.358 e. The summed E-state index contributed by atoms with van der Waals surface area (Å²) in [5.74, 6) is 0.488. The Hall–Kier alpha value is -2.17. The quantitative estimate of drug-likeness (QED) is 0.573. The van der Waals surface area contributed by atoms with Gasteiger partial charge >= 0.3 is 5.82 Å². The average Bonchev–Trinajstić information content (AvgIpc) is 2.61. The second-order valence-electron chi connectivity index (χ2n) is 3.56. The largest absolute Gasteiger partial charge is 0.382 e. The van der Waals surface area contributed by atoms with Gasteiger partial charge in [-0.1, -0.05) is 18.2 Å². The van der Waals surface area contributed by atoms with Crippen LogP contribution in [0.25, 0.3) is 5.69 Å². The van der Waals surface area contributed by atoms with Crippen LogP contribution in [-0.4, -0.2) is 14.5 Å². The molecule has 1 aromatic heterocycles. The first-order valence-corrected chi connectivity index (χ1v) is 4.86. The summed E-state index contributed by atoms with van der Waals surface area (Å²) in [6.07, 6.45) is 1.44. The monoisotopic (exact) mass is 217 g/mol. The van der Waals surface area contributed by atoms with Crippen LogP contribution in [0.3, 0.4) is 0 Å². The van der Waals surface area contributed by atoms with E-state index >= 15 is 0 Å². The average molecular weight is 217 g/mol. The van der Waals surface area contributed by atoms with Crippen molar-refractivity contribution in [1.82, 2.24) is 9.55 Å². The topological polar surface area (TPSA) is 61.0 Å². The minimum absolute atomic E-state index is 0.124. The van der Waals surface area contributed by atoms with E-state index in [0.29, 0.717) is 5.82 Å². The lowest BCUT2D eigenvalue weighted by atomic mass is 10.2. The lowest BCUT2D eigenvalue weighted by Gasteiger charge is -2.05. The first kappa shape index (κ1) is 10.4. The summed E-state index contributed by atoms with van der Waals surface area (Å²) < 4.78 is 1.73. The Morgan fingerprint density at radius 3 is 2.56 bits per heavy atom. The number of hydrogen-bond donors (Lipinski definition) is 0. The molecule has 0 aliphatic heterocycles. The van der Waals surface area contributed by atoms with Gasteiger partial charge in [-0.2, -0.15) is 0 Å². The maximum Gasteiger partial charge on any atom is 0.382 e. The minimum atomic E-state index is -0.484. The van der Waals surface area contributed by atoms with Crippen LogP contribution in [0.5, 0.6) is 0 Å². The Balaban J connectivity index is 2.57. The number of benzene rings is 1. The van der Waals surface area contributed by atoms with E-state index in [2.05, 4.69) is 4.98 Å². The molecule has 0 unspecified atom stereocenters. The van der Waals surface area contributed by atoms with Crippen molar-refractivity contribution in [2.45, 2.75) is 13.8 Å². The standard InChI is InChI=1S/C11H11N3O2/c1-8-5-3-4-6-10(8)13-7-11(14(15)16)12-9(13)2/h3-7H,1-2H3. The Morgan fingerprint density at radius 2 is 2.00 bits per heavy atom. The number of aryl methyl sites for hydroxylation is 2. The molecular weight excluding hydrogens is 206 g/mol. The second kappa shape index (κ2) is 3.77. The molecule has 2 rings (SSSR count). The summed E-state index contributed by atoms with van der Waals surface area (Å²) in [4.78, 5) is 14.0. The lowest BCUT2D eigenvalue weighted by Crippen LogP contribution is -1.97. The van der Waals surface area contributed by atoms with Crippen LogP contribution < -0.4 is 0 Å². The number of aromatic nitrogens is 2. The summed E-state index contributed by atoms with van der Waals surface area (Å²) in [5.41, 5.74) is 1.97. The predicted molar refractivity (Wildman–Crippen MR) is 59.7 cm³/mol. The Labute approximate surface area is 92.5 Å². The highest BCUT2D eigenvalue weighted by Crippen LogP contribution is 2.19. The molecule has 82 valence electrons. The summed E-state index contributed by atoms with van der Waals surface area (Å²) >= 11 is 0. The third-order valence-corrected chi connectivity index (χ3v) is 2.43. The van der Waals surface area contributed by atoms with Crippen LogP contribution in [0, 0.1) is 24.0 Å². The van der Waals surface area contributed by atoms with Gasteiger partial charge in [-0.05, 0) is 28.5 Å². The number of nitro groups is 1. The Morgan fingerprint density at radius 1 is 1.31 bits per heavy atom. The van der Waals surface area contributed by atoms with Crippen molar-refractivity contribution in [3.63, 3.8) is 0 Å². The molecule has 2 aromatic rings. The van der Waals surface area contributed by atoms with Gasteiger partial charge in [-0.3, -0.25) is 4.57 Å². The van der Waals surface area contributed by atoms with E-state index in [-0.39, 0.29) is 5.82 Å². The third-order valence-electron chi connectivity index (χ3n) is 2.43. The summed E-state index contributed by atoms with van der Waals surface area (Å²) in [5, 5.41) is 10.6. The van der Waals surface area contributed by atoms with Crippen molar-refractivity contribution in [3.05, 3.63) is 52.0 Å². The van der Waals surface area contributed by atoms with E-state index in [9.17, 15) is 10.1 Å². The fourth-order valence-corrected chi connectivity index (χ4v) is 1.62. The molecule has 1 heterocycles. The van der Waals surface area contributed by atoms with Crippen LogP contribution in [0.1, 0.15) is 11.4 Å². The molecule has 0 atom stereocenters. The molecule has 0 saturated heterocycles. The van der Waals surface area contributed by atoms with Gasteiger partial charge in [0.1, 0.15) is 6.20 Å². The van der Waals surface area contributed by atoms with Crippen LogP contribution in [0.15, 0.2) is 30.5 Å². The normalized spacial score (nSPS) is 10.4. The molecule has 5 heteroatoms. The number of imidazole rings is 1. The summed E-state index contributed by atoms with van der Waals surface area (Å²) in [6.45, 7) is 3.71. The molecule has 0 saturated carbocycles. The van der Waals surface area contributed by atoms with E-state index in [1.165, 1.54) is 6.20 Å². The van der Waals surface area contributed by atoms with Crippen LogP contribution in [0.4, 0.5) is 5.82 Å². The molecule has 0 fully saturated rings. The SMILES string of the molecule is Cc1ccccc1-n1cc([N+](=O)[O-])nc1C. The van der Waals surface area contributed by atoms with Crippen LogP contribution in [0.2, 0.25) is 0 Å². The zero-order valence-corrected chi connectivity index (χ0v) is 9.04. The highest BCUT2D eigenvalue weighted by molar-refractivity contribution is 5.42. The summed E-state index contributed by atoms with van der Waals surface area (Å²) in [6, 6.07) is 7.70. The Bertz CT molecular complexity index is 546. The second-order valence-corrected chi connectivity index (χ2v) is 3.56. The van der Waals surface area contributed by atoms with Crippen molar-refractivity contribution >= 4 is 5.82 Å². The molecular formula is C11H11N3O2. The van der Waals surface area contributed by atoms with Gasteiger partial charge in [0.05, 0.1) is 5.69 Å². The van der Waals surface area contributed by atoms with Crippen LogP contribution >= 0.6 is 0 Å². The van der Waals surface area contributed by atoms with E-state index in [1.54, 1.807) is 11.5 Å². The smallest absolute Gasteiger partial charge is 0.358 e. The van der Waals surface area contributed by atoms with Gasteiger partial charge < -0.3 is 10.1 Å². The number of rotatable bonds is 2. The zero-order chi connectivity index (χ0) is 11.7. The maximum absolute atomic E-state index is 10.6. The first-order valence-electron chi connectivity index (χ1n) is 4.86. The fourth-order valence-electron chi connectivity index (χ4n) is 1.62. The van der Waals surface area contributed by atoms with Crippen molar-refractivity contribution in [2.24, 2.45) is 0 Å². The van der Waals surface area contributed by atoms with E-state index in [4.69, 9.17) is 0 Å². The molecule has 5 nitrogen and oxygen atoms in total. The number of para-hydroxylation sites is 1. The highest BCUT2D eigenvalue weighted by Gasteiger charge is 2.16. The summed E-state index contributed by atoms with van der Waals surface area (Å²) in [7, 11) is 0. The Kier molecular flexibility index (Phi) is 2.44. The lowest BCUT2D eigenvalue weighted by molar-refractivity contribution is -0.389. The van der Waals surface area contributed by atoms with Gasteiger partial charge in [0.15, 0.2) is 0 Å². The van der Waals surface area contributed by atoms with Gasteiger partial charge in [-0.25, -0.2) is 0 Å². The molecule has 0 spiro atoms. The maximum atomic E-state index is 10.6. The number of hydrogen-bond acceptors (Lipinski definition) is 3. The van der Waals surface area contributed by atoms with Crippen molar-refractivity contribution < 1.29 is 4.92 Å². The number of nitrogens with zero attached hydrogens (tertiary/aromatic N) is 3. The third kappa shape index (κ3) is 1.67. The van der Waals surface area contributed by atoms with Crippen LogP contribution in [-0.2, 0) is 0 Å². The van der Waals surface area contributed by atoms with Gasteiger partial charge in [0.25, 0.3) is 0 Å². The zero-order valence-electron chi connectivity index (χ0n) is 9.04. The first-order chi connectivity index (χ1) is 7.59. The fraction of sp³-hybridized carbons (Fsp3) is 0.182. The van der Waals surface area contributed by atoms with Crippen molar-refractivity contribution in [2.75, 3.05) is 0 Å². The molecule has 16 heavy (non-hydrogen) atoms. The molecule has 0 aliphatic carbocycles.